The van der Waals surface area contributed by atoms with Crippen molar-refractivity contribution in [3.05, 3.63) is 35.9 Å². The van der Waals surface area contributed by atoms with Gasteiger partial charge in [-0.15, -0.1) is 0 Å². The van der Waals surface area contributed by atoms with Crippen LogP contribution in [0.25, 0.3) is 0 Å². The minimum absolute atomic E-state index is 0.0348. The van der Waals surface area contributed by atoms with E-state index in [0.29, 0.717) is 32.2 Å². The number of ketones is 2. The van der Waals surface area contributed by atoms with Crippen LogP contribution in [0.5, 0.6) is 0 Å². The van der Waals surface area contributed by atoms with Crippen molar-refractivity contribution in [2.45, 2.75) is 89.3 Å². The summed E-state index contributed by atoms with van der Waals surface area (Å²) < 4.78 is 0. The first-order valence-corrected chi connectivity index (χ1v) is 14.7. The first-order valence-electron chi connectivity index (χ1n) is 14.7. The Kier molecular flexibility index (Phi) is 18.3. The van der Waals surface area contributed by atoms with Crippen LogP contribution in [0.4, 0.5) is 0 Å². The summed E-state index contributed by atoms with van der Waals surface area (Å²) in [6.07, 6.45) is 2.72. The van der Waals surface area contributed by atoms with E-state index in [4.69, 9.17) is 16.6 Å². The Morgan fingerprint density at radius 1 is 0.791 bits per heavy atom. The average molecular weight is 606 g/mol. The molecule has 0 spiro atoms. The van der Waals surface area contributed by atoms with Gasteiger partial charge in [0.1, 0.15) is 12.1 Å². The predicted molar refractivity (Wildman–Crippen MR) is 159 cm³/mol. The van der Waals surface area contributed by atoms with Gasteiger partial charge in [0.2, 0.25) is 23.6 Å². The number of Topliss-reactive ketones (excluding diaryl/α,β-unsaturated/α-hetero) is 2. The lowest BCUT2D eigenvalue weighted by Crippen LogP contribution is -2.50. The van der Waals surface area contributed by atoms with Gasteiger partial charge in [0.25, 0.3) is 0 Å². The van der Waals surface area contributed by atoms with Crippen LogP contribution in [0.15, 0.2) is 30.3 Å². The molecular weight excluding hydrogens is 558 g/mol. The summed E-state index contributed by atoms with van der Waals surface area (Å²) in [7, 11) is 0. The van der Waals surface area contributed by atoms with Gasteiger partial charge in [-0.1, -0.05) is 43.7 Å². The van der Waals surface area contributed by atoms with Crippen LogP contribution >= 0.6 is 0 Å². The number of hydrogen-bond donors (Lipinski definition) is 7. The highest BCUT2D eigenvalue weighted by atomic mass is 16.3. The number of carbonyl (C=O) groups excluding carboxylic acids is 6. The Morgan fingerprint density at radius 3 is 2.05 bits per heavy atom. The minimum Gasteiger partial charge on any atom is -0.394 e. The van der Waals surface area contributed by atoms with Crippen molar-refractivity contribution in [3.8, 4) is 0 Å². The van der Waals surface area contributed by atoms with Crippen LogP contribution < -0.4 is 27.4 Å². The highest BCUT2D eigenvalue weighted by Gasteiger charge is 2.24. The fraction of sp³-hybridized carbons (Fsp3) is 0.600. The topological polar surface area (TPSA) is 231 Å². The lowest BCUT2D eigenvalue weighted by atomic mass is 9.94. The van der Waals surface area contributed by atoms with Crippen molar-refractivity contribution in [1.82, 2.24) is 16.0 Å². The van der Waals surface area contributed by atoms with Gasteiger partial charge < -0.3 is 37.6 Å². The molecule has 4 atom stereocenters. The van der Waals surface area contributed by atoms with Crippen LogP contribution in [-0.2, 0) is 35.2 Å². The number of carbonyl (C=O) groups is 6. The van der Waals surface area contributed by atoms with Gasteiger partial charge in [-0.2, -0.15) is 0 Å². The zero-order valence-electron chi connectivity index (χ0n) is 24.9. The van der Waals surface area contributed by atoms with Crippen LogP contribution in [0.2, 0.25) is 0 Å². The molecule has 1 aromatic carbocycles. The van der Waals surface area contributed by atoms with Crippen molar-refractivity contribution in [3.63, 3.8) is 0 Å². The molecule has 1 rings (SSSR count). The zero-order chi connectivity index (χ0) is 32.2. The number of benzene rings is 1. The molecule has 0 aliphatic carbocycles. The molecule has 240 valence electrons. The molecule has 0 aliphatic rings. The summed E-state index contributed by atoms with van der Waals surface area (Å²) in [6, 6.07) is 6.31. The van der Waals surface area contributed by atoms with Gasteiger partial charge >= 0.3 is 0 Å². The van der Waals surface area contributed by atoms with Gasteiger partial charge in [0, 0.05) is 38.1 Å². The van der Waals surface area contributed by atoms with Gasteiger partial charge in [-0.3, -0.25) is 28.8 Å². The lowest BCUT2D eigenvalue weighted by Gasteiger charge is -2.20. The third-order valence-corrected chi connectivity index (χ3v) is 7.03. The first kappa shape index (κ1) is 37.3. The molecule has 4 amide bonds. The number of rotatable bonds is 23. The van der Waals surface area contributed by atoms with Gasteiger partial charge in [-0.25, -0.2) is 0 Å². The number of amides is 4. The number of aliphatic hydroxyl groups is 2. The molecule has 13 heteroatoms. The van der Waals surface area contributed by atoms with E-state index in [9.17, 15) is 33.9 Å². The maximum Gasteiger partial charge on any atom is 0.239 e. The fourth-order valence-corrected chi connectivity index (χ4v) is 4.30. The summed E-state index contributed by atoms with van der Waals surface area (Å²) in [5.41, 5.74) is 11.9. The van der Waals surface area contributed by atoms with E-state index >= 15 is 0 Å². The third-order valence-electron chi connectivity index (χ3n) is 7.03. The zero-order valence-corrected chi connectivity index (χ0v) is 24.9. The maximum atomic E-state index is 12.9. The Bertz CT molecular complexity index is 1050. The minimum atomic E-state index is -1.12. The van der Waals surface area contributed by atoms with Crippen molar-refractivity contribution >= 4 is 35.2 Å². The molecule has 0 aliphatic heterocycles. The summed E-state index contributed by atoms with van der Waals surface area (Å²) in [6.45, 7) is 0.913. The highest BCUT2D eigenvalue weighted by Crippen LogP contribution is 2.15. The largest absolute Gasteiger partial charge is 0.394 e. The standard InChI is InChI=1S/C30H47N5O8/c1-2-27(40)34-24(19-37)26(39)14-12-21(29(32)42)13-15-28(41)33-16-8-4-7-11-25(38)23(35-30(43)22(31)18-36)17-20-9-5-3-6-10-20/h3,5-6,9-10,21-24,36-37H,2,4,7-8,11-19,31H2,1H3,(H2,32,42)(H,33,41)(H,34,40)(H,35,43). The Hall–Kier alpha value is -3.68. The van der Waals surface area contributed by atoms with Crippen LogP contribution in [0, 0.1) is 5.92 Å². The van der Waals surface area contributed by atoms with Crippen molar-refractivity contribution in [2.75, 3.05) is 19.8 Å². The molecule has 0 saturated heterocycles. The predicted octanol–water partition coefficient (Wildman–Crippen LogP) is -0.603. The molecule has 43 heavy (non-hydrogen) atoms. The molecule has 4 unspecified atom stereocenters. The second kappa shape index (κ2) is 21.1. The quantitative estimate of drug-likeness (QED) is 0.0788. The Morgan fingerprint density at radius 2 is 1.44 bits per heavy atom. The lowest BCUT2D eigenvalue weighted by molar-refractivity contribution is -0.129. The molecule has 0 radical (unpaired) electrons. The van der Waals surface area contributed by atoms with Crippen molar-refractivity contribution < 1.29 is 39.0 Å². The van der Waals surface area contributed by atoms with Gasteiger partial charge in [0.05, 0.1) is 19.3 Å². The Labute approximate surface area is 252 Å². The summed E-state index contributed by atoms with van der Waals surface area (Å²) in [4.78, 5) is 73.0. The number of nitrogens with one attached hydrogen (secondary N) is 3. The summed E-state index contributed by atoms with van der Waals surface area (Å²) >= 11 is 0. The van der Waals surface area contributed by atoms with Crippen molar-refractivity contribution in [2.24, 2.45) is 17.4 Å². The molecule has 0 fully saturated rings. The number of unbranched alkanes of at least 4 members (excludes halogenated alkanes) is 2. The van der Waals surface area contributed by atoms with E-state index in [2.05, 4.69) is 16.0 Å². The van der Waals surface area contributed by atoms with Crippen LogP contribution in [0.3, 0.4) is 0 Å². The number of hydrogen-bond acceptors (Lipinski definition) is 9. The maximum absolute atomic E-state index is 12.9. The number of nitrogens with two attached hydrogens (primary N) is 2. The molecule has 0 aromatic heterocycles. The van der Waals surface area contributed by atoms with E-state index in [1.165, 1.54) is 0 Å². The van der Waals surface area contributed by atoms with Gasteiger partial charge in [-0.05, 0) is 37.7 Å². The molecule has 0 bridgehead atoms. The smallest absolute Gasteiger partial charge is 0.239 e. The van der Waals surface area contributed by atoms with Crippen LogP contribution in [0.1, 0.15) is 70.3 Å². The number of primary amides is 1. The third kappa shape index (κ3) is 15.4. The first-order chi connectivity index (χ1) is 20.5. The Balaban J connectivity index is 2.41. The number of aliphatic hydroxyl groups excluding tert-OH is 2. The summed E-state index contributed by atoms with van der Waals surface area (Å²) in [5, 5.41) is 26.3. The molecule has 9 N–H and O–H groups in total. The molecule has 0 heterocycles. The van der Waals surface area contributed by atoms with Crippen LogP contribution in [-0.4, -0.2) is 83.3 Å². The monoisotopic (exact) mass is 605 g/mol. The second-order valence-corrected chi connectivity index (χ2v) is 10.5. The van der Waals surface area contributed by atoms with Gasteiger partial charge in [0.15, 0.2) is 11.6 Å². The molecule has 1 aromatic rings. The average Bonchev–Trinajstić information content (AvgIpc) is 3.00. The van der Waals surface area contributed by atoms with E-state index in [1.807, 2.05) is 30.3 Å². The molecular formula is C30H47N5O8. The highest BCUT2D eigenvalue weighted by molar-refractivity contribution is 5.91. The molecule has 13 nitrogen and oxygen atoms in total. The van der Waals surface area contributed by atoms with E-state index in [1.54, 1.807) is 6.92 Å². The van der Waals surface area contributed by atoms with Crippen molar-refractivity contribution in [1.29, 1.82) is 0 Å². The second-order valence-electron chi connectivity index (χ2n) is 10.5. The normalized spacial score (nSPS) is 13.7. The van der Waals surface area contributed by atoms with E-state index < -0.39 is 54.9 Å². The van der Waals surface area contributed by atoms with E-state index in [-0.39, 0.29) is 56.1 Å². The SMILES string of the molecule is CCC(=O)NC(CO)C(=O)CCC(CCC(=O)NCCCCCC(=O)C(Cc1ccccc1)NC(=O)C(N)CO)C(N)=O. The van der Waals surface area contributed by atoms with E-state index in [0.717, 1.165) is 5.56 Å². The summed E-state index contributed by atoms with van der Waals surface area (Å²) in [5.74, 6) is -3.16. The fourth-order valence-electron chi connectivity index (χ4n) is 4.30. The molecule has 0 saturated carbocycles.